The number of ketones is 1. The van der Waals surface area contributed by atoms with Crippen molar-refractivity contribution in [1.82, 2.24) is 4.98 Å². The first-order valence-electron chi connectivity index (χ1n) is 11.2. The number of pyridine rings is 1. The van der Waals surface area contributed by atoms with Crippen LogP contribution in [0.2, 0.25) is 0 Å². The zero-order valence-corrected chi connectivity index (χ0v) is 18.8. The van der Waals surface area contributed by atoms with Gasteiger partial charge in [-0.25, -0.2) is 22.4 Å². The summed E-state index contributed by atoms with van der Waals surface area (Å²) in [6.45, 7) is 0.427. The molecule has 0 bridgehead atoms. The molecule has 2 aliphatic heterocycles. The number of ether oxygens (including phenoxy) is 1. The van der Waals surface area contributed by atoms with E-state index in [1.165, 1.54) is 7.05 Å². The van der Waals surface area contributed by atoms with Crippen molar-refractivity contribution in [2.45, 2.75) is 57.0 Å². The van der Waals surface area contributed by atoms with Gasteiger partial charge in [0, 0.05) is 39.0 Å². The third-order valence-electron chi connectivity index (χ3n) is 7.02. The van der Waals surface area contributed by atoms with E-state index in [2.05, 4.69) is 11.1 Å². The number of nitrogens with zero attached hydrogens (tertiary/aromatic N) is 3. The lowest BCUT2D eigenvalue weighted by atomic mass is 9.84. The number of allylic oxidation sites excluding steroid dienone is 2. The Balaban J connectivity index is 1.30. The molecule has 1 saturated heterocycles. The van der Waals surface area contributed by atoms with Crippen LogP contribution >= 0.6 is 0 Å². The predicted molar refractivity (Wildman–Crippen MR) is 116 cm³/mol. The number of fused-ring (bicyclic) bond motifs is 1. The minimum absolute atomic E-state index is 0.188. The largest absolute Gasteiger partial charge is 0.370 e. The fraction of sp³-hybridized carbons (Fsp3) is 0.636. The molecule has 0 radical (unpaired) electrons. The van der Waals surface area contributed by atoms with E-state index in [9.17, 15) is 22.0 Å². The maximum Gasteiger partial charge on any atom is 0.327 e. The molecule has 4 aliphatic rings. The second-order valence-corrected chi connectivity index (χ2v) is 11.1. The van der Waals surface area contributed by atoms with Gasteiger partial charge >= 0.3 is 10.2 Å². The standard InChI is InChI=1S/C22H27F2N3O4S/c1-26-21-18(27(32(26,29)30)13-16-12-22(16,23)24)9-8-17(25-21)15-6-4-14(5-7-15)11-19(28)20-3-2-10-31-20/h6,8-9,14,16,20H,2-5,7,10-13H2,1H3. The van der Waals surface area contributed by atoms with Gasteiger partial charge in [0.25, 0.3) is 5.92 Å². The summed E-state index contributed by atoms with van der Waals surface area (Å²) >= 11 is 0. The van der Waals surface area contributed by atoms with Crippen molar-refractivity contribution in [3.05, 3.63) is 23.9 Å². The number of carbonyl (C=O) groups excluding carboxylic acids is 1. The molecule has 5 rings (SSSR count). The van der Waals surface area contributed by atoms with E-state index in [0.29, 0.717) is 24.4 Å². The van der Waals surface area contributed by atoms with Gasteiger partial charge in [-0.1, -0.05) is 6.08 Å². The minimum atomic E-state index is -3.91. The van der Waals surface area contributed by atoms with Crippen LogP contribution in [0.25, 0.3) is 5.57 Å². The summed E-state index contributed by atoms with van der Waals surface area (Å²) in [6.07, 6.45) is 6.22. The molecule has 1 saturated carbocycles. The third-order valence-corrected chi connectivity index (χ3v) is 8.78. The number of anilines is 2. The van der Waals surface area contributed by atoms with Crippen LogP contribution < -0.4 is 8.61 Å². The third kappa shape index (κ3) is 3.81. The van der Waals surface area contributed by atoms with Crippen molar-refractivity contribution in [2.24, 2.45) is 11.8 Å². The molecular formula is C22H27F2N3O4S. The molecule has 0 aromatic carbocycles. The fourth-order valence-electron chi connectivity index (χ4n) is 4.84. The van der Waals surface area contributed by atoms with Gasteiger partial charge in [-0.2, -0.15) is 8.42 Å². The molecule has 0 amide bonds. The molecule has 0 N–H and O–H groups in total. The highest BCUT2D eigenvalue weighted by molar-refractivity contribution is 7.94. The molecule has 3 heterocycles. The van der Waals surface area contributed by atoms with E-state index in [-0.39, 0.29) is 36.6 Å². The zero-order valence-electron chi connectivity index (χ0n) is 18.0. The van der Waals surface area contributed by atoms with E-state index < -0.39 is 22.0 Å². The van der Waals surface area contributed by atoms with Crippen molar-refractivity contribution in [3.63, 3.8) is 0 Å². The second-order valence-electron chi connectivity index (χ2n) is 9.25. The summed E-state index contributed by atoms with van der Waals surface area (Å²) in [7, 11) is -2.51. The average molecular weight is 468 g/mol. The van der Waals surface area contributed by atoms with Crippen molar-refractivity contribution >= 4 is 33.1 Å². The van der Waals surface area contributed by atoms with E-state index in [1.54, 1.807) is 12.1 Å². The van der Waals surface area contributed by atoms with Crippen LogP contribution in [0, 0.1) is 11.8 Å². The molecule has 1 aromatic heterocycles. The topological polar surface area (TPSA) is 79.8 Å². The Labute approximate surface area is 186 Å². The van der Waals surface area contributed by atoms with Crippen LogP contribution in [0.1, 0.15) is 50.6 Å². The van der Waals surface area contributed by atoms with Crippen LogP contribution in [-0.4, -0.2) is 51.4 Å². The molecule has 7 nitrogen and oxygen atoms in total. The predicted octanol–water partition coefficient (Wildman–Crippen LogP) is 3.56. The lowest BCUT2D eigenvalue weighted by molar-refractivity contribution is -0.128. The van der Waals surface area contributed by atoms with Crippen molar-refractivity contribution < 1.29 is 26.7 Å². The maximum atomic E-state index is 13.4. The van der Waals surface area contributed by atoms with Gasteiger partial charge in [-0.3, -0.25) is 4.79 Å². The van der Waals surface area contributed by atoms with Crippen LogP contribution in [-0.2, 0) is 19.7 Å². The number of carbonyl (C=O) groups is 1. The molecule has 2 aliphatic carbocycles. The van der Waals surface area contributed by atoms with Crippen molar-refractivity contribution in [3.8, 4) is 0 Å². The molecule has 174 valence electrons. The normalized spacial score (nSPS) is 30.2. The molecule has 0 spiro atoms. The maximum absolute atomic E-state index is 13.4. The molecule has 1 aromatic rings. The number of Topliss-reactive ketones (excluding diaryl/α,β-unsaturated/α-hetero) is 1. The van der Waals surface area contributed by atoms with Gasteiger partial charge < -0.3 is 4.74 Å². The van der Waals surface area contributed by atoms with Crippen molar-refractivity contribution in [2.75, 3.05) is 28.8 Å². The van der Waals surface area contributed by atoms with Gasteiger partial charge in [-0.15, -0.1) is 0 Å². The Kier molecular flexibility index (Phi) is 5.28. The summed E-state index contributed by atoms with van der Waals surface area (Å²) in [5, 5.41) is 0. The summed E-state index contributed by atoms with van der Waals surface area (Å²) in [5.74, 6) is -3.01. The quantitative estimate of drug-likeness (QED) is 0.639. The van der Waals surface area contributed by atoms with E-state index in [1.807, 2.05) is 0 Å². The smallest absolute Gasteiger partial charge is 0.327 e. The fourth-order valence-corrected chi connectivity index (χ4v) is 6.25. The SMILES string of the molecule is CN1c2nc(C3=CCC(CC(=O)C4CCCO4)CC3)ccc2N(CC2CC2(F)F)S1(=O)=O. The molecular weight excluding hydrogens is 440 g/mol. The monoisotopic (exact) mass is 467 g/mol. The molecule has 3 unspecified atom stereocenters. The van der Waals surface area contributed by atoms with Gasteiger partial charge in [0.05, 0.1) is 11.4 Å². The molecule has 2 fully saturated rings. The number of halogens is 2. The highest BCUT2D eigenvalue weighted by Gasteiger charge is 2.59. The average Bonchev–Trinajstić information content (AvgIpc) is 3.10. The van der Waals surface area contributed by atoms with Crippen LogP contribution in [0.4, 0.5) is 20.3 Å². The zero-order chi connectivity index (χ0) is 22.7. The number of hydrogen-bond acceptors (Lipinski definition) is 5. The van der Waals surface area contributed by atoms with E-state index in [0.717, 1.165) is 46.3 Å². The first kappa shape index (κ1) is 21.8. The van der Waals surface area contributed by atoms with E-state index >= 15 is 0 Å². The number of hydrogen-bond donors (Lipinski definition) is 0. The molecule has 32 heavy (non-hydrogen) atoms. The highest BCUT2D eigenvalue weighted by atomic mass is 32.2. The summed E-state index contributed by atoms with van der Waals surface area (Å²) < 4.78 is 59.9. The minimum Gasteiger partial charge on any atom is -0.370 e. The van der Waals surface area contributed by atoms with Crippen LogP contribution in [0.5, 0.6) is 0 Å². The van der Waals surface area contributed by atoms with Gasteiger partial charge in [0.2, 0.25) is 0 Å². The molecule has 10 heteroatoms. The second kappa shape index (κ2) is 7.76. The van der Waals surface area contributed by atoms with Gasteiger partial charge in [0.15, 0.2) is 11.6 Å². The highest BCUT2D eigenvalue weighted by Crippen LogP contribution is 2.51. The first-order valence-corrected chi connectivity index (χ1v) is 12.6. The summed E-state index contributed by atoms with van der Waals surface area (Å²) in [4.78, 5) is 16.9. The Hall–Kier alpha value is -2.07. The lowest BCUT2D eigenvalue weighted by Crippen LogP contribution is -2.37. The van der Waals surface area contributed by atoms with Crippen LogP contribution in [0.3, 0.4) is 0 Å². The molecule has 3 atom stereocenters. The Morgan fingerprint density at radius 3 is 2.72 bits per heavy atom. The van der Waals surface area contributed by atoms with Gasteiger partial charge in [0.1, 0.15) is 6.10 Å². The summed E-state index contributed by atoms with van der Waals surface area (Å²) in [5.41, 5.74) is 2.05. The van der Waals surface area contributed by atoms with Crippen molar-refractivity contribution in [1.29, 1.82) is 0 Å². The van der Waals surface area contributed by atoms with Gasteiger partial charge in [-0.05, 0) is 55.7 Å². The summed E-state index contributed by atoms with van der Waals surface area (Å²) in [6, 6.07) is 3.42. The number of rotatable bonds is 6. The Morgan fingerprint density at radius 1 is 1.31 bits per heavy atom. The first-order chi connectivity index (χ1) is 15.2. The van der Waals surface area contributed by atoms with E-state index in [4.69, 9.17) is 4.74 Å². The number of aromatic nitrogens is 1. The van der Waals surface area contributed by atoms with Crippen LogP contribution in [0.15, 0.2) is 18.2 Å². The lowest BCUT2D eigenvalue weighted by Gasteiger charge is -2.22. The number of alkyl halides is 2. The Bertz CT molecular complexity index is 1070. The Morgan fingerprint density at radius 2 is 2.09 bits per heavy atom.